The number of nitrogens with zero attached hydrogens (tertiary/aromatic N) is 4. The molecule has 2 aliphatic heterocycles. The van der Waals surface area contributed by atoms with Gasteiger partial charge in [-0.3, -0.25) is 4.90 Å². The number of aromatic nitrogens is 1. The molecule has 1 saturated heterocycles. The van der Waals surface area contributed by atoms with Crippen molar-refractivity contribution in [3.63, 3.8) is 0 Å². The quantitative estimate of drug-likeness (QED) is 0.521. The van der Waals surface area contributed by atoms with E-state index in [-0.39, 0.29) is 30.5 Å². The Labute approximate surface area is 217 Å². The minimum absolute atomic E-state index is 0.203. The van der Waals surface area contributed by atoms with Gasteiger partial charge in [-0.1, -0.05) is 12.1 Å². The highest BCUT2D eigenvalue weighted by molar-refractivity contribution is 7.94. The second-order valence-electron chi connectivity index (χ2n) is 10.7. The number of fused-ring (bicyclic) bond motifs is 1. The number of alkyl halides is 2. The average Bonchev–Trinajstić information content (AvgIpc) is 3.38. The maximum absolute atomic E-state index is 13.5. The van der Waals surface area contributed by atoms with E-state index in [1.807, 2.05) is 13.0 Å². The van der Waals surface area contributed by atoms with Crippen LogP contribution in [0, 0.1) is 18.8 Å². The second-order valence-corrected chi connectivity index (χ2v) is 14.7. The van der Waals surface area contributed by atoms with Gasteiger partial charge in [0.05, 0.1) is 17.1 Å². The van der Waals surface area contributed by atoms with Crippen molar-refractivity contribution in [2.24, 2.45) is 11.8 Å². The zero-order valence-electron chi connectivity index (χ0n) is 21.2. The van der Waals surface area contributed by atoms with E-state index in [0.717, 1.165) is 57.8 Å². The Morgan fingerprint density at radius 1 is 1.14 bits per heavy atom. The summed E-state index contributed by atoms with van der Waals surface area (Å²) in [4.78, 5) is 6.97. The lowest BCUT2D eigenvalue weighted by Crippen LogP contribution is -2.37. The lowest BCUT2D eigenvalue weighted by Gasteiger charge is -2.31. The number of likely N-dealkylation sites (tertiary alicyclic amines) is 1. The smallest absolute Gasteiger partial charge is 0.299 e. The first kappa shape index (κ1) is 26.3. The van der Waals surface area contributed by atoms with Crippen LogP contribution in [0.15, 0.2) is 30.3 Å². The molecular weight excluding hydrogens is 522 g/mol. The predicted octanol–water partition coefficient (Wildman–Crippen LogP) is 3.47. The predicted molar refractivity (Wildman–Crippen MR) is 140 cm³/mol. The highest BCUT2D eigenvalue weighted by Gasteiger charge is 2.59. The summed E-state index contributed by atoms with van der Waals surface area (Å²) < 4.78 is 78.2. The summed E-state index contributed by atoms with van der Waals surface area (Å²) in [5, 5.41) is 0. The van der Waals surface area contributed by atoms with Gasteiger partial charge in [0.2, 0.25) is 0 Å². The number of anilines is 2. The Hall–Kier alpha value is -2.31. The van der Waals surface area contributed by atoms with Gasteiger partial charge in [-0.05, 0) is 68.1 Å². The van der Waals surface area contributed by atoms with Crippen LogP contribution in [0.3, 0.4) is 0 Å². The maximum Gasteiger partial charge on any atom is 0.327 e. The third kappa shape index (κ3) is 5.33. The third-order valence-corrected chi connectivity index (χ3v) is 10.5. The Kier molecular flexibility index (Phi) is 6.51. The first-order valence-corrected chi connectivity index (χ1v) is 15.9. The van der Waals surface area contributed by atoms with Gasteiger partial charge in [-0.25, -0.2) is 30.8 Å². The molecule has 1 saturated carbocycles. The normalized spacial score (nSPS) is 23.3. The SMILES string of the molecule is Cc1ccc(CN2CCC(CS(C)(=O)=O)CC2)cc1-c1ccc2c(n1)N(C)S(=O)(=O)N2CC1CC1(F)F. The van der Waals surface area contributed by atoms with E-state index in [1.165, 1.54) is 13.3 Å². The fourth-order valence-corrected chi connectivity index (χ4v) is 7.90. The van der Waals surface area contributed by atoms with Gasteiger partial charge >= 0.3 is 10.2 Å². The molecule has 2 fully saturated rings. The molecule has 5 rings (SSSR count). The van der Waals surface area contributed by atoms with Gasteiger partial charge < -0.3 is 0 Å². The Morgan fingerprint density at radius 3 is 2.43 bits per heavy atom. The molecule has 1 aromatic heterocycles. The van der Waals surface area contributed by atoms with Gasteiger partial charge in [0.25, 0.3) is 5.92 Å². The number of benzene rings is 1. The van der Waals surface area contributed by atoms with Crippen molar-refractivity contribution < 1.29 is 25.6 Å². The van der Waals surface area contributed by atoms with Crippen LogP contribution in [0.2, 0.25) is 0 Å². The first-order valence-electron chi connectivity index (χ1n) is 12.4. The van der Waals surface area contributed by atoms with E-state index in [2.05, 4.69) is 22.0 Å². The summed E-state index contributed by atoms with van der Waals surface area (Å²) in [6.45, 7) is 4.09. The second kappa shape index (κ2) is 9.16. The largest absolute Gasteiger partial charge is 0.327 e. The minimum Gasteiger partial charge on any atom is -0.299 e. The molecule has 1 aromatic carbocycles. The molecule has 0 radical (unpaired) electrons. The van der Waals surface area contributed by atoms with Crippen LogP contribution in [0.4, 0.5) is 20.3 Å². The van der Waals surface area contributed by atoms with Crippen molar-refractivity contribution in [1.29, 1.82) is 0 Å². The summed E-state index contributed by atoms with van der Waals surface area (Å²) in [5.74, 6) is -3.11. The molecule has 1 atom stereocenters. The van der Waals surface area contributed by atoms with Crippen LogP contribution in [0.25, 0.3) is 11.3 Å². The standard InChI is InChI=1S/C25H32F2N4O4S2/c1-17-4-5-19(14-30-10-8-18(9-11-30)16-36(3,32)33)12-21(17)22-6-7-23-24(28-22)29(2)37(34,35)31(23)15-20-13-25(20,26)27/h4-7,12,18,20H,8-11,13-16H2,1-3H3. The van der Waals surface area contributed by atoms with Gasteiger partial charge in [0, 0.05) is 44.3 Å². The first-order chi connectivity index (χ1) is 17.2. The Balaban J connectivity index is 1.34. The van der Waals surface area contributed by atoms with Gasteiger partial charge in [-0.2, -0.15) is 8.42 Å². The summed E-state index contributed by atoms with van der Waals surface area (Å²) in [5.41, 5.74) is 3.89. The fourth-order valence-electron chi connectivity index (χ4n) is 5.30. The topological polar surface area (TPSA) is 90.9 Å². The monoisotopic (exact) mass is 554 g/mol. The Morgan fingerprint density at radius 2 is 1.81 bits per heavy atom. The molecule has 0 spiro atoms. The highest BCUT2D eigenvalue weighted by Crippen LogP contribution is 2.51. The molecule has 1 aliphatic carbocycles. The molecule has 2 aromatic rings. The van der Waals surface area contributed by atoms with E-state index < -0.39 is 31.9 Å². The van der Waals surface area contributed by atoms with E-state index in [4.69, 9.17) is 0 Å². The molecular formula is C25H32F2N4O4S2. The summed E-state index contributed by atoms with van der Waals surface area (Å²) in [6, 6.07) is 9.52. The minimum atomic E-state index is -3.96. The molecule has 1 unspecified atom stereocenters. The van der Waals surface area contributed by atoms with Crippen molar-refractivity contribution in [3.05, 3.63) is 41.5 Å². The van der Waals surface area contributed by atoms with Crippen molar-refractivity contribution in [2.75, 3.05) is 47.3 Å². The van der Waals surface area contributed by atoms with Gasteiger partial charge in [0.15, 0.2) is 5.82 Å². The van der Waals surface area contributed by atoms with Gasteiger partial charge in [0.1, 0.15) is 9.84 Å². The number of aryl methyl sites for hydroxylation is 1. The summed E-state index contributed by atoms with van der Waals surface area (Å²) in [6.07, 6.45) is 2.69. The molecule has 8 nitrogen and oxygen atoms in total. The number of hydrogen-bond acceptors (Lipinski definition) is 6. The number of hydrogen-bond donors (Lipinski definition) is 0. The fraction of sp³-hybridized carbons (Fsp3) is 0.560. The van der Waals surface area contributed by atoms with Crippen molar-refractivity contribution >= 4 is 31.6 Å². The lowest BCUT2D eigenvalue weighted by molar-refractivity contribution is 0.101. The van der Waals surface area contributed by atoms with Crippen molar-refractivity contribution in [2.45, 2.75) is 38.7 Å². The van der Waals surface area contributed by atoms with E-state index in [0.29, 0.717) is 11.4 Å². The van der Waals surface area contributed by atoms with Crippen LogP contribution in [0.5, 0.6) is 0 Å². The zero-order valence-corrected chi connectivity index (χ0v) is 22.8. The summed E-state index contributed by atoms with van der Waals surface area (Å²) >= 11 is 0. The van der Waals surface area contributed by atoms with Crippen LogP contribution in [0.1, 0.15) is 30.4 Å². The third-order valence-electron chi connectivity index (χ3n) is 7.62. The van der Waals surface area contributed by atoms with E-state index in [9.17, 15) is 25.6 Å². The van der Waals surface area contributed by atoms with Crippen LogP contribution >= 0.6 is 0 Å². The van der Waals surface area contributed by atoms with E-state index >= 15 is 0 Å². The highest BCUT2D eigenvalue weighted by atomic mass is 32.2. The van der Waals surface area contributed by atoms with Crippen LogP contribution < -0.4 is 8.61 Å². The summed E-state index contributed by atoms with van der Waals surface area (Å²) in [7, 11) is -5.53. The molecule has 3 heterocycles. The molecule has 202 valence electrons. The number of rotatable bonds is 7. The molecule has 37 heavy (non-hydrogen) atoms. The molecule has 12 heteroatoms. The lowest BCUT2D eigenvalue weighted by atomic mass is 9.97. The maximum atomic E-state index is 13.5. The van der Waals surface area contributed by atoms with Crippen molar-refractivity contribution in [1.82, 2.24) is 9.88 Å². The van der Waals surface area contributed by atoms with Crippen LogP contribution in [-0.4, -0.2) is 71.3 Å². The van der Waals surface area contributed by atoms with Gasteiger partial charge in [-0.15, -0.1) is 0 Å². The molecule has 0 bridgehead atoms. The van der Waals surface area contributed by atoms with Crippen LogP contribution in [-0.2, 0) is 26.6 Å². The number of piperidine rings is 1. The molecule has 3 aliphatic rings. The number of sulfone groups is 1. The zero-order chi connectivity index (χ0) is 26.8. The molecule has 0 N–H and O–H groups in total. The average molecular weight is 555 g/mol. The molecule has 0 amide bonds. The Bertz CT molecular complexity index is 1420. The number of pyridine rings is 1. The number of halogens is 2. The van der Waals surface area contributed by atoms with E-state index in [1.54, 1.807) is 12.1 Å². The van der Waals surface area contributed by atoms with Crippen molar-refractivity contribution in [3.8, 4) is 11.3 Å².